The van der Waals surface area contributed by atoms with Crippen molar-refractivity contribution in [2.45, 2.75) is 58.8 Å². The maximum absolute atomic E-state index is 12.3. The van der Waals surface area contributed by atoms with Crippen LogP contribution in [0, 0.1) is 0 Å². The Kier molecular flexibility index (Phi) is 7.18. The molecule has 0 unspecified atom stereocenters. The van der Waals surface area contributed by atoms with Crippen LogP contribution in [0.15, 0.2) is 42.2 Å². The first-order valence-corrected chi connectivity index (χ1v) is 10.4. The van der Waals surface area contributed by atoms with Crippen LogP contribution in [0.5, 0.6) is 0 Å². The van der Waals surface area contributed by atoms with E-state index < -0.39 is 0 Å². The van der Waals surface area contributed by atoms with E-state index in [1.807, 2.05) is 0 Å². The van der Waals surface area contributed by atoms with Crippen molar-refractivity contribution in [1.29, 1.82) is 0 Å². The van der Waals surface area contributed by atoms with Crippen molar-refractivity contribution in [3.8, 4) is 0 Å². The minimum Gasteiger partial charge on any atom is -0.352 e. The lowest BCUT2D eigenvalue weighted by molar-refractivity contribution is 0.0953. The molecule has 28 heavy (non-hydrogen) atoms. The highest BCUT2D eigenvalue weighted by Gasteiger charge is 2.11. The molecule has 5 nitrogen and oxygen atoms in total. The topological polar surface area (TPSA) is 66.9 Å². The first-order valence-electron chi connectivity index (χ1n) is 10.4. The number of hydrogen-bond acceptors (Lipinski definition) is 4. The van der Waals surface area contributed by atoms with Gasteiger partial charge in [0.05, 0.1) is 5.56 Å². The number of amides is 1. The number of para-hydroxylation sites is 1. The summed E-state index contributed by atoms with van der Waals surface area (Å²) in [7, 11) is 0. The van der Waals surface area contributed by atoms with Crippen LogP contribution in [-0.4, -0.2) is 22.4 Å². The number of allylic oxidation sites excluding steroid dienone is 1. The Hall–Kier alpha value is -2.69. The van der Waals surface area contributed by atoms with Gasteiger partial charge in [0.25, 0.3) is 5.91 Å². The van der Waals surface area contributed by atoms with Gasteiger partial charge in [-0.1, -0.05) is 43.7 Å². The highest BCUT2D eigenvalue weighted by atomic mass is 16.1. The second-order valence-electron chi connectivity index (χ2n) is 7.19. The molecular weight excluding hydrogens is 348 g/mol. The van der Waals surface area contributed by atoms with E-state index in [4.69, 9.17) is 0 Å². The van der Waals surface area contributed by atoms with Gasteiger partial charge in [-0.05, 0) is 56.1 Å². The molecule has 0 radical (unpaired) electrons. The Morgan fingerprint density at radius 3 is 2.39 bits per heavy atom. The summed E-state index contributed by atoms with van der Waals surface area (Å²) in [6.07, 6.45) is 13.2. The predicted octanol–water partition coefficient (Wildman–Crippen LogP) is 4.97. The average Bonchev–Trinajstić information content (AvgIpc) is 2.75. The number of carbonyl (C=O) groups excluding carboxylic acids is 1. The summed E-state index contributed by atoms with van der Waals surface area (Å²) < 4.78 is 0. The van der Waals surface area contributed by atoms with Gasteiger partial charge in [-0.15, -0.1) is 0 Å². The monoisotopic (exact) mass is 378 g/mol. The number of hydrogen-bond donors (Lipinski definition) is 2. The lowest BCUT2D eigenvalue weighted by atomic mass is 9.97. The zero-order valence-corrected chi connectivity index (χ0v) is 16.9. The van der Waals surface area contributed by atoms with Crippen molar-refractivity contribution >= 4 is 17.5 Å². The molecule has 0 saturated carbocycles. The number of benzene rings is 1. The molecule has 1 aliphatic carbocycles. The van der Waals surface area contributed by atoms with E-state index in [9.17, 15) is 4.79 Å². The smallest absolute Gasteiger partial charge is 0.254 e. The molecule has 3 rings (SSSR count). The van der Waals surface area contributed by atoms with Crippen molar-refractivity contribution in [3.05, 3.63) is 58.9 Å². The third kappa shape index (κ3) is 5.18. The van der Waals surface area contributed by atoms with Gasteiger partial charge >= 0.3 is 0 Å². The molecule has 1 heterocycles. The zero-order valence-electron chi connectivity index (χ0n) is 16.9. The molecule has 0 atom stereocenters. The summed E-state index contributed by atoms with van der Waals surface area (Å²) in [5, 5.41) is 6.31. The number of nitrogens with one attached hydrogen (secondary N) is 2. The van der Waals surface area contributed by atoms with Crippen molar-refractivity contribution in [3.63, 3.8) is 0 Å². The largest absolute Gasteiger partial charge is 0.352 e. The molecule has 0 fully saturated rings. The number of nitrogens with zero attached hydrogens (tertiary/aromatic N) is 2. The van der Waals surface area contributed by atoms with Gasteiger partial charge in [0.2, 0.25) is 5.95 Å². The van der Waals surface area contributed by atoms with Crippen molar-refractivity contribution in [2.24, 2.45) is 0 Å². The third-order valence-electron chi connectivity index (χ3n) is 5.27. The van der Waals surface area contributed by atoms with E-state index in [0.717, 1.165) is 24.9 Å². The molecule has 2 aromatic rings. The maximum atomic E-state index is 12.3. The van der Waals surface area contributed by atoms with Gasteiger partial charge in [0.15, 0.2) is 0 Å². The van der Waals surface area contributed by atoms with Gasteiger partial charge < -0.3 is 10.6 Å². The zero-order chi connectivity index (χ0) is 19.8. The maximum Gasteiger partial charge on any atom is 0.254 e. The molecule has 1 amide bonds. The number of rotatable bonds is 8. The van der Waals surface area contributed by atoms with E-state index in [2.05, 4.69) is 58.7 Å². The molecule has 1 aliphatic rings. The number of anilines is 2. The first-order chi connectivity index (χ1) is 13.7. The SMILES string of the molecule is CCc1cccc(CC)c1Nc1ncc(C(=O)NCCC2=CCCCC2)cn1. The summed E-state index contributed by atoms with van der Waals surface area (Å²) in [4.78, 5) is 21.0. The van der Waals surface area contributed by atoms with Gasteiger partial charge in [-0.2, -0.15) is 0 Å². The van der Waals surface area contributed by atoms with Gasteiger partial charge in [-0.3, -0.25) is 4.79 Å². The molecule has 0 saturated heterocycles. The average molecular weight is 379 g/mol. The van der Waals surface area contributed by atoms with E-state index >= 15 is 0 Å². The highest BCUT2D eigenvalue weighted by molar-refractivity contribution is 5.93. The van der Waals surface area contributed by atoms with Crippen LogP contribution in [0.2, 0.25) is 0 Å². The molecule has 0 spiro atoms. The molecule has 5 heteroatoms. The Morgan fingerprint density at radius 1 is 1.07 bits per heavy atom. The Bertz CT molecular complexity index is 805. The molecule has 1 aromatic carbocycles. The van der Waals surface area contributed by atoms with Gasteiger partial charge in [0, 0.05) is 24.6 Å². The van der Waals surface area contributed by atoms with Crippen LogP contribution in [-0.2, 0) is 12.8 Å². The number of aromatic nitrogens is 2. The van der Waals surface area contributed by atoms with Crippen molar-refractivity contribution in [2.75, 3.05) is 11.9 Å². The normalized spacial score (nSPS) is 13.7. The van der Waals surface area contributed by atoms with Crippen molar-refractivity contribution < 1.29 is 4.79 Å². The minimum absolute atomic E-state index is 0.119. The van der Waals surface area contributed by atoms with Crippen LogP contribution in [0.3, 0.4) is 0 Å². The predicted molar refractivity (Wildman–Crippen MR) is 114 cm³/mol. The van der Waals surface area contributed by atoms with Gasteiger partial charge in [-0.25, -0.2) is 9.97 Å². The lowest BCUT2D eigenvalue weighted by Crippen LogP contribution is -2.25. The molecule has 148 valence electrons. The van der Waals surface area contributed by atoms with Crippen LogP contribution < -0.4 is 10.6 Å². The van der Waals surface area contributed by atoms with E-state index in [1.165, 1.54) is 42.4 Å². The first kappa shape index (κ1) is 20.1. The summed E-state index contributed by atoms with van der Waals surface area (Å²) >= 11 is 0. The summed E-state index contributed by atoms with van der Waals surface area (Å²) in [6.45, 7) is 4.93. The van der Waals surface area contributed by atoms with Crippen LogP contribution >= 0.6 is 0 Å². The molecular formula is C23H30N4O. The van der Waals surface area contributed by atoms with E-state index in [1.54, 1.807) is 12.4 Å². The number of carbonyl (C=O) groups is 1. The van der Waals surface area contributed by atoms with Gasteiger partial charge in [0.1, 0.15) is 0 Å². The second-order valence-corrected chi connectivity index (χ2v) is 7.19. The Balaban J connectivity index is 1.59. The lowest BCUT2D eigenvalue weighted by Gasteiger charge is -2.14. The Labute approximate surface area is 167 Å². The quantitative estimate of drug-likeness (QED) is 0.637. The van der Waals surface area contributed by atoms with E-state index in [0.29, 0.717) is 18.1 Å². The fourth-order valence-corrected chi connectivity index (χ4v) is 3.60. The number of aryl methyl sites for hydroxylation is 2. The van der Waals surface area contributed by atoms with E-state index in [-0.39, 0.29) is 5.91 Å². The summed E-state index contributed by atoms with van der Waals surface area (Å²) in [6, 6.07) is 6.32. The fraction of sp³-hybridized carbons (Fsp3) is 0.435. The minimum atomic E-state index is -0.119. The molecule has 1 aromatic heterocycles. The molecule has 2 N–H and O–H groups in total. The second kappa shape index (κ2) is 10.0. The molecule has 0 aliphatic heterocycles. The van der Waals surface area contributed by atoms with Crippen LogP contribution in [0.4, 0.5) is 11.6 Å². The highest BCUT2D eigenvalue weighted by Crippen LogP contribution is 2.25. The van der Waals surface area contributed by atoms with Crippen LogP contribution in [0.1, 0.15) is 67.4 Å². The summed E-state index contributed by atoms with van der Waals surface area (Å²) in [5.74, 6) is 0.394. The summed E-state index contributed by atoms with van der Waals surface area (Å²) in [5.41, 5.74) is 5.50. The third-order valence-corrected chi connectivity index (χ3v) is 5.27. The van der Waals surface area contributed by atoms with Crippen LogP contribution in [0.25, 0.3) is 0 Å². The fourth-order valence-electron chi connectivity index (χ4n) is 3.60. The van der Waals surface area contributed by atoms with Crippen molar-refractivity contribution in [1.82, 2.24) is 15.3 Å². The Morgan fingerprint density at radius 2 is 1.79 bits per heavy atom. The standard InChI is InChI=1S/C23H30N4O/c1-3-18-11-8-12-19(4-2)21(18)27-23-25-15-20(16-26-23)22(28)24-14-13-17-9-6-5-7-10-17/h8-9,11-12,15-16H,3-7,10,13-14H2,1-2H3,(H,24,28)(H,25,26,27). The molecule has 0 bridgehead atoms.